The smallest absolute Gasteiger partial charge is 0.268 e. The highest BCUT2D eigenvalue weighted by molar-refractivity contribution is 6.37. The Morgan fingerprint density at radius 1 is 1.21 bits per heavy atom. The Kier molecular flexibility index (Phi) is 5.40. The lowest BCUT2D eigenvalue weighted by Crippen LogP contribution is -2.40. The molecule has 1 aromatic heterocycles. The first-order chi connectivity index (χ1) is 11.6. The Morgan fingerprint density at radius 3 is 2.50 bits per heavy atom. The van der Waals surface area contributed by atoms with Crippen molar-refractivity contribution >= 4 is 23.2 Å². The molecule has 0 spiro atoms. The molecular weight excluding hydrogens is 353 g/mol. The zero-order chi connectivity index (χ0) is 17.1. The second kappa shape index (κ2) is 7.53. The van der Waals surface area contributed by atoms with Crippen molar-refractivity contribution in [1.82, 2.24) is 14.7 Å². The number of nitrogens with zero attached hydrogens (tertiary/aromatic N) is 3. The molecule has 3 rings (SSSR count). The van der Waals surface area contributed by atoms with E-state index in [-0.39, 0.29) is 5.56 Å². The maximum absolute atomic E-state index is 12.1. The fourth-order valence-electron chi connectivity index (χ4n) is 2.54. The standard InChI is InChI=1S/C16H17Cl2N3O3/c1-23-16-12(17)8-11(9-13(16)18)14-2-3-15(22)21(19-14)10-20-4-6-24-7-5-20/h2-3,8-9H,4-7,10H2,1H3. The topological polar surface area (TPSA) is 56.6 Å². The average molecular weight is 370 g/mol. The van der Waals surface area contributed by atoms with Crippen molar-refractivity contribution in [2.24, 2.45) is 0 Å². The molecule has 0 bridgehead atoms. The number of morpholine rings is 1. The van der Waals surface area contributed by atoms with Gasteiger partial charge in [0.15, 0.2) is 5.75 Å². The minimum absolute atomic E-state index is 0.157. The van der Waals surface area contributed by atoms with Crippen LogP contribution >= 0.6 is 23.2 Å². The van der Waals surface area contributed by atoms with Crippen LogP contribution in [0.4, 0.5) is 0 Å². The molecule has 0 aliphatic carbocycles. The van der Waals surface area contributed by atoms with Crippen molar-refractivity contribution in [2.45, 2.75) is 6.67 Å². The van der Waals surface area contributed by atoms with Gasteiger partial charge in [-0.05, 0) is 18.2 Å². The molecule has 6 nitrogen and oxygen atoms in total. The first-order valence-corrected chi connectivity index (χ1v) is 8.26. The van der Waals surface area contributed by atoms with E-state index in [9.17, 15) is 4.79 Å². The van der Waals surface area contributed by atoms with Crippen LogP contribution in [-0.2, 0) is 11.4 Å². The summed E-state index contributed by atoms with van der Waals surface area (Å²) < 4.78 is 11.9. The highest BCUT2D eigenvalue weighted by Gasteiger charge is 2.14. The number of hydrogen-bond acceptors (Lipinski definition) is 5. The van der Waals surface area contributed by atoms with Gasteiger partial charge in [0.05, 0.1) is 42.7 Å². The molecule has 1 aromatic carbocycles. The van der Waals surface area contributed by atoms with Gasteiger partial charge in [-0.15, -0.1) is 0 Å². The van der Waals surface area contributed by atoms with E-state index in [2.05, 4.69) is 10.00 Å². The van der Waals surface area contributed by atoms with Gasteiger partial charge in [0.1, 0.15) is 0 Å². The van der Waals surface area contributed by atoms with E-state index in [4.69, 9.17) is 32.7 Å². The van der Waals surface area contributed by atoms with Crippen LogP contribution in [0.5, 0.6) is 5.75 Å². The SMILES string of the molecule is COc1c(Cl)cc(-c2ccc(=O)n(CN3CCOCC3)n2)cc1Cl. The highest BCUT2D eigenvalue weighted by atomic mass is 35.5. The van der Waals surface area contributed by atoms with Crippen LogP contribution in [0.2, 0.25) is 10.0 Å². The largest absolute Gasteiger partial charge is 0.494 e. The van der Waals surface area contributed by atoms with Crippen molar-refractivity contribution in [1.29, 1.82) is 0 Å². The fraction of sp³-hybridized carbons (Fsp3) is 0.375. The minimum atomic E-state index is -0.157. The monoisotopic (exact) mass is 369 g/mol. The average Bonchev–Trinajstić information content (AvgIpc) is 2.57. The fourth-order valence-corrected chi connectivity index (χ4v) is 3.18. The molecule has 128 valence electrons. The lowest BCUT2D eigenvalue weighted by atomic mass is 10.1. The summed E-state index contributed by atoms with van der Waals surface area (Å²) in [6, 6.07) is 6.59. The third kappa shape index (κ3) is 3.72. The first kappa shape index (κ1) is 17.2. The van der Waals surface area contributed by atoms with Crippen LogP contribution in [-0.4, -0.2) is 48.1 Å². The normalized spacial score (nSPS) is 15.5. The molecule has 0 unspecified atom stereocenters. The van der Waals surface area contributed by atoms with Crippen molar-refractivity contribution in [3.8, 4) is 17.0 Å². The third-order valence-corrected chi connectivity index (χ3v) is 4.36. The molecular formula is C16H17Cl2N3O3. The Morgan fingerprint density at radius 2 is 1.88 bits per heavy atom. The quantitative estimate of drug-likeness (QED) is 0.828. The van der Waals surface area contributed by atoms with Gasteiger partial charge < -0.3 is 9.47 Å². The van der Waals surface area contributed by atoms with E-state index >= 15 is 0 Å². The second-order valence-electron chi connectivity index (χ2n) is 5.40. The van der Waals surface area contributed by atoms with Crippen LogP contribution in [0.25, 0.3) is 11.3 Å². The summed E-state index contributed by atoms with van der Waals surface area (Å²) >= 11 is 12.4. The van der Waals surface area contributed by atoms with Crippen LogP contribution in [0.1, 0.15) is 0 Å². The predicted molar refractivity (Wildman–Crippen MR) is 92.9 cm³/mol. The molecule has 1 aliphatic heterocycles. The summed E-state index contributed by atoms with van der Waals surface area (Å²) in [5, 5.41) is 5.23. The molecule has 0 N–H and O–H groups in total. The maximum atomic E-state index is 12.1. The maximum Gasteiger partial charge on any atom is 0.268 e. The van der Waals surface area contributed by atoms with E-state index in [0.29, 0.717) is 41.4 Å². The van der Waals surface area contributed by atoms with Gasteiger partial charge in [-0.3, -0.25) is 9.69 Å². The number of methoxy groups -OCH3 is 1. The zero-order valence-corrected chi connectivity index (χ0v) is 14.7. The molecule has 0 radical (unpaired) electrons. The molecule has 0 atom stereocenters. The van der Waals surface area contributed by atoms with Crippen molar-refractivity contribution in [3.05, 3.63) is 44.7 Å². The van der Waals surface area contributed by atoms with E-state index in [0.717, 1.165) is 18.7 Å². The molecule has 0 amide bonds. The molecule has 2 aromatic rings. The van der Waals surface area contributed by atoms with Crippen LogP contribution in [0.3, 0.4) is 0 Å². The summed E-state index contributed by atoms with van der Waals surface area (Å²) in [5.41, 5.74) is 1.19. The number of hydrogen-bond donors (Lipinski definition) is 0. The number of aromatic nitrogens is 2. The minimum Gasteiger partial charge on any atom is -0.494 e. The van der Waals surface area contributed by atoms with Crippen LogP contribution in [0.15, 0.2) is 29.1 Å². The number of rotatable bonds is 4. The van der Waals surface area contributed by atoms with Crippen molar-refractivity contribution in [2.75, 3.05) is 33.4 Å². The van der Waals surface area contributed by atoms with Crippen LogP contribution < -0.4 is 10.3 Å². The first-order valence-electron chi connectivity index (χ1n) is 7.50. The second-order valence-corrected chi connectivity index (χ2v) is 6.22. The van der Waals surface area contributed by atoms with Gasteiger partial charge in [0.25, 0.3) is 5.56 Å². The van der Waals surface area contributed by atoms with Gasteiger partial charge in [-0.1, -0.05) is 23.2 Å². The molecule has 1 fully saturated rings. The summed E-state index contributed by atoms with van der Waals surface area (Å²) in [6.07, 6.45) is 0. The van der Waals surface area contributed by atoms with Gasteiger partial charge in [0.2, 0.25) is 0 Å². The van der Waals surface area contributed by atoms with Crippen molar-refractivity contribution < 1.29 is 9.47 Å². The van der Waals surface area contributed by atoms with E-state index in [1.54, 1.807) is 18.2 Å². The van der Waals surface area contributed by atoms with Crippen molar-refractivity contribution in [3.63, 3.8) is 0 Å². The lowest BCUT2D eigenvalue weighted by Gasteiger charge is -2.26. The van der Waals surface area contributed by atoms with Gasteiger partial charge in [-0.25, -0.2) is 4.68 Å². The summed E-state index contributed by atoms with van der Waals surface area (Å²) in [7, 11) is 1.51. The summed E-state index contributed by atoms with van der Waals surface area (Å²) in [5.74, 6) is 0.420. The van der Waals surface area contributed by atoms with E-state index < -0.39 is 0 Å². The Labute approximate surface area is 149 Å². The lowest BCUT2D eigenvalue weighted by molar-refractivity contribution is 0.0205. The third-order valence-electron chi connectivity index (χ3n) is 3.80. The van der Waals surface area contributed by atoms with Gasteiger partial charge in [0, 0.05) is 24.7 Å². The number of ether oxygens (including phenoxy) is 2. The molecule has 1 aliphatic rings. The Bertz CT molecular complexity index is 765. The molecule has 2 heterocycles. The van der Waals surface area contributed by atoms with E-state index in [1.165, 1.54) is 17.9 Å². The zero-order valence-electron chi connectivity index (χ0n) is 13.2. The van der Waals surface area contributed by atoms with Gasteiger partial charge >= 0.3 is 0 Å². The van der Waals surface area contributed by atoms with Gasteiger partial charge in [-0.2, -0.15) is 5.10 Å². The molecule has 0 saturated carbocycles. The van der Waals surface area contributed by atoms with E-state index in [1.807, 2.05) is 0 Å². The summed E-state index contributed by atoms with van der Waals surface area (Å²) in [6.45, 7) is 3.31. The Balaban J connectivity index is 1.92. The Hall–Kier alpha value is -1.60. The molecule has 1 saturated heterocycles. The summed E-state index contributed by atoms with van der Waals surface area (Å²) in [4.78, 5) is 14.2. The molecule has 8 heteroatoms. The molecule has 24 heavy (non-hydrogen) atoms. The van der Waals surface area contributed by atoms with Crippen LogP contribution in [0, 0.1) is 0 Å². The number of benzene rings is 1. The number of halogens is 2. The predicted octanol–water partition coefficient (Wildman–Crippen LogP) is 2.52. The highest BCUT2D eigenvalue weighted by Crippen LogP contribution is 2.36.